The lowest BCUT2D eigenvalue weighted by molar-refractivity contribution is 0.0955. The molecule has 0 spiro atoms. The molecule has 0 aliphatic heterocycles. The van der Waals surface area contributed by atoms with Crippen LogP contribution < -0.4 is 11.1 Å². The van der Waals surface area contributed by atoms with Crippen molar-refractivity contribution in [1.82, 2.24) is 20.0 Å². The van der Waals surface area contributed by atoms with Crippen LogP contribution in [0.4, 0.5) is 5.82 Å². The molecule has 0 aliphatic rings. The average molecular weight is 465 g/mol. The summed E-state index contributed by atoms with van der Waals surface area (Å²) in [5, 5.41) is 17.2. The van der Waals surface area contributed by atoms with E-state index in [-0.39, 0.29) is 23.0 Å². The number of hydrogen-bond donors (Lipinski definition) is 3. The Hall–Kier alpha value is -4.72. The zero-order chi connectivity index (χ0) is 24.2. The number of benzene rings is 3. The Balaban J connectivity index is 1.48. The van der Waals surface area contributed by atoms with Crippen LogP contribution in [0, 0.1) is 0 Å². The van der Waals surface area contributed by atoms with E-state index in [1.54, 1.807) is 30.5 Å². The van der Waals surface area contributed by atoms with Crippen molar-refractivity contribution in [3.8, 4) is 5.75 Å². The van der Waals surface area contributed by atoms with E-state index in [0.29, 0.717) is 34.3 Å². The monoisotopic (exact) mass is 464 g/mol. The number of hydrogen-bond acceptors (Lipinski definition) is 6. The van der Waals surface area contributed by atoms with E-state index in [1.165, 1.54) is 10.2 Å². The minimum absolute atomic E-state index is 0.126. The highest BCUT2D eigenvalue weighted by atomic mass is 16.3. The van der Waals surface area contributed by atoms with Gasteiger partial charge in [-0.15, -0.1) is 0 Å². The summed E-state index contributed by atoms with van der Waals surface area (Å²) in [5.41, 5.74) is 10.7. The quantitative estimate of drug-likeness (QED) is 0.247. The number of rotatable bonds is 7. The smallest absolute Gasteiger partial charge is 0.257 e. The summed E-state index contributed by atoms with van der Waals surface area (Å²) < 4.78 is 1.41. The highest BCUT2D eigenvalue weighted by Crippen LogP contribution is 2.28. The second-order valence-corrected chi connectivity index (χ2v) is 8.14. The first-order chi connectivity index (χ1) is 17.1. The third-order valence-corrected chi connectivity index (χ3v) is 5.66. The van der Waals surface area contributed by atoms with E-state index in [2.05, 4.69) is 32.5 Å². The van der Waals surface area contributed by atoms with E-state index >= 15 is 0 Å². The van der Waals surface area contributed by atoms with Crippen LogP contribution in [0.25, 0.3) is 22.2 Å². The highest BCUT2D eigenvalue weighted by molar-refractivity contribution is 6.10. The number of para-hydroxylation sites is 2. The number of nitrogens with two attached hydrogens (primary N) is 1. The van der Waals surface area contributed by atoms with Gasteiger partial charge in [-0.1, -0.05) is 54.6 Å². The number of carbonyl (C=O) groups excluding carboxylic acids is 1. The van der Waals surface area contributed by atoms with Crippen LogP contribution in [0.5, 0.6) is 5.75 Å². The van der Waals surface area contributed by atoms with Crippen LogP contribution in [0.3, 0.4) is 0 Å². The number of aromatic hydroxyl groups is 1. The van der Waals surface area contributed by atoms with Crippen molar-refractivity contribution in [2.75, 3.05) is 12.3 Å². The maximum atomic E-state index is 13.2. The fourth-order valence-corrected chi connectivity index (χ4v) is 3.95. The predicted molar refractivity (Wildman–Crippen MR) is 138 cm³/mol. The maximum Gasteiger partial charge on any atom is 0.257 e. The zero-order valence-corrected chi connectivity index (χ0v) is 18.9. The predicted octanol–water partition coefficient (Wildman–Crippen LogP) is 4.12. The molecule has 8 nitrogen and oxygen atoms in total. The molecule has 174 valence electrons. The number of amides is 1. The Kier molecular flexibility index (Phi) is 6.09. The number of nitrogens with zero attached hydrogens (tertiary/aromatic N) is 4. The number of aromatic nitrogens is 3. The van der Waals surface area contributed by atoms with Crippen LogP contribution in [0.15, 0.2) is 84.0 Å². The average Bonchev–Trinajstić information content (AvgIpc) is 3.14. The molecule has 5 rings (SSSR count). The standard InChI is InChI=1S/C27H24N6O2/c28-25-23(27(35)29-15-7-11-18-8-2-1-3-9-18)24-26(32-22-14-5-4-13-21(22)31-24)33(25)30-17-19-10-6-12-20(34)16-19/h1-6,8-10,12-14,16-17,34H,7,11,15,28H2,(H,29,35)/b30-17-. The molecule has 35 heavy (non-hydrogen) atoms. The van der Waals surface area contributed by atoms with Crippen LogP contribution in [-0.4, -0.2) is 38.4 Å². The second kappa shape index (κ2) is 9.64. The number of nitrogen functional groups attached to an aromatic ring is 1. The van der Waals surface area contributed by atoms with E-state index in [9.17, 15) is 9.90 Å². The zero-order valence-electron chi connectivity index (χ0n) is 18.9. The molecule has 0 saturated carbocycles. The molecule has 0 bridgehead atoms. The Morgan fingerprint density at radius 1 is 1.00 bits per heavy atom. The van der Waals surface area contributed by atoms with Crippen molar-refractivity contribution in [2.24, 2.45) is 5.10 Å². The lowest BCUT2D eigenvalue weighted by Gasteiger charge is -2.06. The molecule has 0 saturated heterocycles. The van der Waals surface area contributed by atoms with E-state index in [0.717, 1.165) is 12.8 Å². The summed E-state index contributed by atoms with van der Waals surface area (Å²) in [7, 11) is 0. The molecule has 3 aromatic carbocycles. The van der Waals surface area contributed by atoms with Gasteiger partial charge in [-0.25, -0.2) is 9.97 Å². The summed E-state index contributed by atoms with van der Waals surface area (Å²) in [4.78, 5) is 22.6. The minimum Gasteiger partial charge on any atom is -0.508 e. The molecule has 2 heterocycles. The van der Waals surface area contributed by atoms with Gasteiger partial charge in [0.15, 0.2) is 5.65 Å². The number of fused-ring (bicyclic) bond motifs is 2. The number of nitrogens with one attached hydrogen (secondary N) is 1. The van der Waals surface area contributed by atoms with Gasteiger partial charge in [0, 0.05) is 6.54 Å². The topological polar surface area (TPSA) is 118 Å². The molecular weight excluding hydrogens is 440 g/mol. The highest BCUT2D eigenvalue weighted by Gasteiger charge is 2.23. The Morgan fingerprint density at radius 3 is 2.51 bits per heavy atom. The van der Waals surface area contributed by atoms with Crippen LogP contribution in [0.2, 0.25) is 0 Å². The maximum absolute atomic E-state index is 13.2. The molecule has 0 aliphatic carbocycles. The number of aryl methyl sites for hydroxylation is 1. The molecule has 4 N–H and O–H groups in total. The molecule has 8 heteroatoms. The van der Waals surface area contributed by atoms with E-state index < -0.39 is 0 Å². The number of carbonyl (C=O) groups is 1. The third-order valence-electron chi connectivity index (χ3n) is 5.66. The van der Waals surface area contributed by atoms with Crippen LogP contribution in [-0.2, 0) is 6.42 Å². The van der Waals surface area contributed by atoms with Gasteiger partial charge in [0.2, 0.25) is 0 Å². The first kappa shape index (κ1) is 22.1. The summed E-state index contributed by atoms with van der Waals surface area (Å²) in [6, 6.07) is 24.2. The van der Waals surface area contributed by atoms with Gasteiger partial charge in [0.1, 0.15) is 22.6 Å². The Labute approximate surface area is 201 Å². The minimum atomic E-state index is -0.323. The second-order valence-electron chi connectivity index (χ2n) is 8.14. The molecule has 2 aromatic heterocycles. The van der Waals surface area contributed by atoms with Crippen molar-refractivity contribution in [3.05, 3.63) is 95.6 Å². The largest absolute Gasteiger partial charge is 0.508 e. The molecule has 0 unspecified atom stereocenters. The first-order valence-corrected chi connectivity index (χ1v) is 11.3. The van der Waals surface area contributed by atoms with Crippen molar-refractivity contribution in [3.63, 3.8) is 0 Å². The van der Waals surface area contributed by atoms with E-state index in [4.69, 9.17) is 5.73 Å². The SMILES string of the molecule is Nc1c(C(=O)NCCCc2ccccc2)c2nc3ccccc3nc2n1/N=C\c1cccc(O)c1. The summed E-state index contributed by atoms with van der Waals surface area (Å²) in [6.45, 7) is 0.493. The van der Waals surface area contributed by atoms with E-state index in [1.807, 2.05) is 42.5 Å². The number of phenols is 1. The van der Waals surface area contributed by atoms with Gasteiger partial charge >= 0.3 is 0 Å². The normalized spacial score (nSPS) is 11.4. The lowest BCUT2D eigenvalue weighted by Crippen LogP contribution is -2.25. The molecule has 5 aromatic rings. The Bertz CT molecular complexity index is 1540. The van der Waals surface area contributed by atoms with Gasteiger partial charge < -0.3 is 16.2 Å². The van der Waals surface area contributed by atoms with Gasteiger partial charge in [-0.05, 0) is 48.2 Å². The molecular formula is C27H24N6O2. The van der Waals surface area contributed by atoms with Crippen molar-refractivity contribution in [2.45, 2.75) is 12.8 Å². The third kappa shape index (κ3) is 4.67. The molecule has 0 radical (unpaired) electrons. The van der Waals surface area contributed by atoms with Crippen molar-refractivity contribution >= 4 is 40.1 Å². The van der Waals surface area contributed by atoms with Gasteiger partial charge in [0.25, 0.3) is 5.91 Å². The number of anilines is 1. The van der Waals surface area contributed by atoms with Crippen LogP contribution in [0.1, 0.15) is 27.9 Å². The summed E-state index contributed by atoms with van der Waals surface area (Å²) in [5.74, 6) is -0.0515. The summed E-state index contributed by atoms with van der Waals surface area (Å²) in [6.07, 6.45) is 3.20. The van der Waals surface area contributed by atoms with Gasteiger partial charge in [-0.2, -0.15) is 9.78 Å². The van der Waals surface area contributed by atoms with Crippen molar-refractivity contribution in [1.29, 1.82) is 0 Å². The first-order valence-electron chi connectivity index (χ1n) is 11.3. The molecule has 0 atom stereocenters. The fraction of sp³-hybridized carbons (Fsp3) is 0.111. The van der Waals surface area contributed by atoms with Gasteiger partial charge in [0.05, 0.1) is 17.2 Å². The Morgan fingerprint density at radius 2 is 1.74 bits per heavy atom. The fourth-order valence-electron chi connectivity index (χ4n) is 3.95. The lowest BCUT2D eigenvalue weighted by atomic mass is 10.1. The summed E-state index contributed by atoms with van der Waals surface area (Å²) >= 11 is 0. The molecule has 0 fully saturated rings. The van der Waals surface area contributed by atoms with Gasteiger partial charge in [-0.3, -0.25) is 4.79 Å². The number of phenolic OH excluding ortho intramolecular Hbond substituents is 1. The van der Waals surface area contributed by atoms with Crippen LogP contribution >= 0.6 is 0 Å². The van der Waals surface area contributed by atoms with Crippen molar-refractivity contribution < 1.29 is 9.90 Å². The molecule has 1 amide bonds.